The fourth-order valence-electron chi connectivity index (χ4n) is 3.53. The average molecular weight is 380 g/mol. The Morgan fingerprint density at radius 1 is 1.27 bits per heavy atom. The second-order valence-electron chi connectivity index (χ2n) is 5.99. The van der Waals surface area contributed by atoms with Crippen molar-refractivity contribution in [3.63, 3.8) is 0 Å². The van der Waals surface area contributed by atoms with Gasteiger partial charge in [0, 0.05) is 19.5 Å². The molecule has 0 aromatic heterocycles. The third-order valence-corrected chi connectivity index (χ3v) is 6.53. The van der Waals surface area contributed by atoms with Gasteiger partial charge >= 0.3 is 5.97 Å². The molecule has 2 aliphatic rings. The summed E-state index contributed by atoms with van der Waals surface area (Å²) in [6, 6.07) is 3.97. The minimum Gasteiger partial charge on any atom is -0.462 e. The number of hydrogen-bond donors (Lipinski definition) is 0. The zero-order chi connectivity index (χ0) is 19.4. The highest BCUT2D eigenvalue weighted by Gasteiger charge is 2.66. The maximum atomic E-state index is 13.1. The van der Waals surface area contributed by atoms with E-state index in [2.05, 4.69) is 0 Å². The Labute approximate surface area is 149 Å². The van der Waals surface area contributed by atoms with E-state index >= 15 is 0 Å². The number of rotatable bonds is 2. The van der Waals surface area contributed by atoms with Gasteiger partial charge in [0.05, 0.1) is 18.6 Å². The van der Waals surface area contributed by atoms with Crippen molar-refractivity contribution in [2.45, 2.75) is 30.7 Å². The average Bonchev–Trinajstić information content (AvgIpc) is 2.91. The van der Waals surface area contributed by atoms with Crippen LogP contribution in [-0.4, -0.2) is 55.0 Å². The smallest absolute Gasteiger partial charge is 0.339 e. The molecular weight excluding hydrogens is 364 g/mol. The standard InChI is InChI=1S/C16H16N2O7S/c1-4-25-14(21)10-6-5-7-11-13(10)26(23,24)18(9(2)19)16(11)8-12(20)17(3)15(16)22/h5-7H,4,8H2,1-3H3. The van der Waals surface area contributed by atoms with E-state index in [0.717, 1.165) is 11.8 Å². The monoisotopic (exact) mass is 380 g/mol. The number of sulfonamides is 1. The van der Waals surface area contributed by atoms with Gasteiger partial charge in [-0.15, -0.1) is 0 Å². The van der Waals surface area contributed by atoms with Crippen molar-refractivity contribution in [1.29, 1.82) is 0 Å². The first-order valence-corrected chi connectivity index (χ1v) is 9.22. The van der Waals surface area contributed by atoms with Gasteiger partial charge in [0.2, 0.25) is 11.8 Å². The minimum atomic E-state index is -4.53. The Morgan fingerprint density at radius 2 is 1.92 bits per heavy atom. The van der Waals surface area contributed by atoms with Crippen LogP contribution in [0.1, 0.15) is 36.2 Å². The third kappa shape index (κ3) is 2.05. The van der Waals surface area contributed by atoms with Crippen molar-refractivity contribution in [1.82, 2.24) is 9.21 Å². The molecular formula is C16H16N2O7S. The molecule has 138 valence electrons. The number of benzene rings is 1. The zero-order valence-corrected chi connectivity index (χ0v) is 15.1. The number of esters is 1. The summed E-state index contributed by atoms with van der Waals surface area (Å²) in [5, 5.41) is 0. The molecule has 2 aliphatic heterocycles. The summed E-state index contributed by atoms with van der Waals surface area (Å²) in [5.41, 5.74) is -2.35. The number of hydrogen-bond acceptors (Lipinski definition) is 7. The number of carbonyl (C=O) groups is 4. The van der Waals surface area contributed by atoms with Gasteiger partial charge in [0.1, 0.15) is 4.90 Å². The van der Waals surface area contributed by atoms with E-state index in [9.17, 15) is 27.6 Å². The summed E-state index contributed by atoms with van der Waals surface area (Å²) < 4.78 is 31.5. The Bertz CT molecular complexity index is 969. The summed E-state index contributed by atoms with van der Waals surface area (Å²) >= 11 is 0. The lowest BCUT2D eigenvalue weighted by molar-refractivity contribution is -0.143. The van der Waals surface area contributed by atoms with Crippen LogP contribution in [0.3, 0.4) is 0 Å². The lowest BCUT2D eigenvalue weighted by atomic mass is 9.87. The van der Waals surface area contributed by atoms with E-state index in [1.807, 2.05) is 0 Å². The fourth-order valence-corrected chi connectivity index (χ4v) is 5.64. The topological polar surface area (TPSA) is 118 Å². The molecule has 10 heteroatoms. The number of amides is 3. The predicted molar refractivity (Wildman–Crippen MR) is 86.2 cm³/mol. The summed E-state index contributed by atoms with van der Waals surface area (Å²) in [4.78, 5) is 49.7. The van der Waals surface area contributed by atoms with Crippen LogP contribution in [0.2, 0.25) is 0 Å². The van der Waals surface area contributed by atoms with Crippen LogP contribution in [-0.2, 0) is 34.7 Å². The lowest BCUT2D eigenvalue weighted by Crippen LogP contribution is -2.51. The van der Waals surface area contributed by atoms with Crippen LogP contribution in [0.4, 0.5) is 0 Å². The number of imide groups is 1. The van der Waals surface area contributed by atoms with Gasteiger partial charge in [-0.2, -0.15) is 0 Å². The summed E-state index contributed by atoms with van der Waals surface area (Å²) in [6.45, 7) is 2.57. The van der Waals surface area contributed by atoms with Crippen LogP contribution in [0, 0.1) is 0 Å². The molecule has 3 rings (SSSR count). The van der Waals surface area contributed by atoms with Crippen LogP contribution in [0.5, 0.6) is 0 Å². The molecule has 1 aromatic rings. The SMILES string of the molecule is CCOC(=O)c1cccc2c1S(=O)(=O)N(C(C)=O)C21CC(=O)N(C)C1=O. The number of carbonyl (C=O) groups excluding carboxylic acids is 4. The van der Waals surface area contributed by atoms with Gasteiger partial charge in [-0.1, -0.05) is 12.1 Å². The van der Waals surface area contributed by atoms with E-state index in [0.29, 0.717) is 4.31 Å². The Balaban J connectivity index is 2.40. The highest BCUT2D eigenvalue weighted by atomic mass is 32.2. The lowest BCUT2D eigenvalue weighted by Gasteiger charge is -2.30. The molecule has 1 spiro atoms. The quantitative estimate of drug-likeness (QED) is 0.523. The van der Waals surface area contributed by atoms with Crippen molar-refractivity contribution in [2.75, 3.05) is 13.7 Å². The molecule has 1 aromatic carbocycles. The van der Waals surface area contributed by atoms with E-state index in [4.69, 9.17) is 4.74 Å². The van der Waals surface area contributed by atoms with Crippen LogP contribution >= 0.6 is 0 Å². The first-order chi connectivity index (χ1) is 12.1. The molecule has 0 N–H and O–H groups in total. The van der Waals surface area contributed by atoms with Crippen LogP contribution in [0.25, 0.3) is 0 Å². The van der Waals surface area contributed by atoms with Gasteiger partial charge in [-0.25, -0.2) is 17.5 Å². The highest BCUT2D eigenvalue weighted by molar-refractivity contribution is 7.90. The van der Waals surface area contributed by atoms with Crippen molar-refractivity contribution in [3.8, 4) is 0 Å². The first-order valence-electron chi connectivity index (χ1n) is 7.78. The van der Waals surface area contributed by atoms with Crippen molar-refractivity contribution >= 4 is 33.7 Å². The fraction of sp³-hybridized carbons (Fsp3) is 0.375. The third-order valence-electron chi connectivity index (χ3n) is 4.53. The molecule has 3 amide bonds. The minimum absolute atomic E-state index is 0.0181. The molecule has 26 heavy (non-hydrogen) atoms. The first kappa shape index (κ1) is 18.1. The largest absolute Gasteiger partial charge is 0.462 e. The molecule has 2 heterocycles. The van der Waals surface area contributed by atoms with Crippen molar-refractivity contribution in [3.05, 3.63) is 29.3 Å². The molecule has 0 radical (unpaired) electrons. The van der Waals surface area contributed by atoms with Gasteiger partial charge in [0.25, 0.3) is 15.9 Å². The Kier molecular flexibility index (Phi) is 3.91. The second-order valence-corrected chi connectivity index (χ2v) is 7.71. The normalized spacial score (nSPS) is 23.5. The maximum absolute atomic E-state index is 13.1. The van der Waals surface area contributed by atoms with Gasteiger partial charge in [0.15, 0.2) is 5.54 Å². The van der Waals surface area contributed by atoms with Crippen LogP contribution in [0.15, 0.2) is 23.1 Å². The van der Waals surface area contributed by atoms with E-state index in [-0.39, 0.29) is 17.7 Å². The van der Waals surface area contributed by atoms with E-state index in [1.54, 1.807) is 6.92 Å². The van der Waals surface area contributed by atoms with Gasteiger partial charge in [-0.05, 0) is 13.0 Å². The van der Waals surface area contributed by atoms with Gasteiger partial charge in [-0.3, -0.25) is 19.3 Å². The molecule has 1 atom stereocenters. The number of nitrogens with zero attached hydrogens (tertiary/aromatic N) is 2. The van der Waals surface area contributed by atoms with E-state index < -0.39 is 50.6 Å². The molecule has 1 saturated heterocycles. The highest BCUT2D eigenvalue weighted by Crippen LogP contribution is 2.51. The predicted octanol–water partition coefficient (Wildman–Crippen LogP) is -0.00190. The molecule has 0 aliphatic carbocycles. The summed E-state index contributed by atoms with van der Waals surface area (Å²) in [7, 11) is -3.31. The Hall–Kier alpha value is -2.75. The molecule has 1 unspecified atom stereocenters. The number of ether oxygens (including phenoxy) is 1. The number of likely N-dealkylation sites (N-methyl/N-ethyl adjacent to an activating group) is 1. The van der Waals surface area contributed by atoms with Crippen molar-refractivity contribution < 1.29 is 32.3 Å². The molecule has 9 nitrogen and oxygen atoms in total. The Morgan fingerprint density at radius 3 is 2.42 bits per heavy atom. The molecule has 0 saturated carbocycles. The molecule has 1 fully saturated rings. The van der Waals surface area contributed by atoms with Crippen molar-refractivity contribution in [2.24, 2.45) is 0 Å². The maximum Gasteiger partial charge on any atom is 0.339 e. The summed E-state index contributed by atoms with van der Waals surface area (Å²) in [5.74, 6) is -3.27. The second kappa shape index (κ2) is 5.63. The number of fused-ring (bicyclic) bond motifs is 2. The number of likely N-dealkylation sites (tertiary alicyclic amines) is 1. The summed E-state index contributed by atoms with van der Waals surface area (Å²) in [6.07, 6.45) is -0.513. The van der Waals surface area contributed by atoms with Crippen LogP contribution < -0.4 is 0 Å². The van der Waals surface area contributed by atoms with Gasteiger partial charge < -0.3 is 4.74 Å². The molecule has 0 bridgehead atoms. The zero-order valence-electron chi connectivity index (χ0n) is 14.3. The van der Waals surface area contributed by atoms with E-state index in [1.165, 1.54) is 25.2 Å².